The first kappa shape index (κ1) is 15.1. The van der Waals surface area contributed by atoms with Crippen LogP contribution in [0.4, 0.5) is 11.5 Å². The third-order valence-corrected chi connectivity index (χ3v) is 4.13. The number of anilines is 2. The van der Waals surface area contributed by atoms with Gasteiger partial charge in [0.1, 0.15) is 16.8 Å². The summed E-state index contributed by atoms with van der Waals surface area (Å²) >= 11 is 7.90. The molecular weight excluding hydrogens is 290 g/mol. The van der Waals surface area contributed by atoms with E-state index in [1.807, 2.05) is 25.1 Å². The topological polar surface area (TPSA) is 37.8 Å². The first-order valence-corrected chi connectivity index (χ1v) is 8.19. The molecule has 0 bridgehead atoms. The van der Waals surface area contributed by atoms with Gasteiger partial charge in [0, 0.05) is 16.9 Å². The minimum atomic E-state index is 0.521. The standard InChI is InChI=1S/C15H18ClN3S/c1-4-7-13-18-14(16)10(2)15(19-13)17-11-8-5-6-9-12(11)20-3/h5-6,8-9H,4,7H2,1-3H3,(H,17,18,19). The van der Waals surface area contributed by atoms with E-state index in [2.05, 4.69) is 34.5 Å². The summed E-state index contributed by atoms with van der Waals surface area (Å²) in [5.41, 5.74) is 1.92. The normalized spacial score (nSPS) is 10.6. The van der Waals surface area contributed by atoms with Gasteiger partial charge in [-0.25, -0.2) is 9.97 Å². The summed E-state index contributed by atoms with van der Waals surface area (Å²) in [4.78, 5) is 10.1. The quantitative estimate of drug-likeness (QED) is 0.632. The van der Waals surface area contributed by atoms with Crippen molar-refractivity contribution in [2.24, 2.45) is 0 Å². The minimum absolute atomic E-state index is 0.521. The number of rotatable bonds is 5. The van der Waals surface area contributed by atoms with E-state index in [4.69, 9.17) is 11.6 Å². The molecule has 0 fully saturated rings. The van der Waals surface area contributed by atoms with E-state index < -0.39 is 0 Å². The second-order valence-corrected chi connectivity index (χ2v) is 5.69. The van der Waals surface area contributed by atoms with Gasteiger partial charge >= 0.3 is 0 Å². The first-order chi connectivity index (χ1) is 9.65. The predicted octanol–water partition coefficient (Wildman–Crippen LogP) is 4.86. The highest BCUT2D eigenvalue weighted by Gasteiger charge is 2.10. The summed E-state index contributed by atoms with van der Waals surface area (Å²) in [7, 11) is 0. The molecule has 1 N–H and O–H groups in total. The highest BCUT2D eigenvalue weighted by Crippen LogP contribution is 2.29. The maximum absolute atomic E-state index is 6.20. The van der Waals surface area contributed by atoms with Crippen LogP contribution in [-0.2, 0) is 6.42 Å². The zero-order valence-corrected chi connectivity index (χ0v) is 13.5. The fourth-order valence-corrected chi connectivity index (χ4v) is 2.61. The monoisotopic (exact) mass is 307 g/mol. The molecule has 0 amide bonds. The Labute approximate surface area is 129 Å². The van der Waals surface area contributed by atoms with E-state index in [1.54, 1.807) is 11.8 Å². The number of nitrogens with zero attached hydrogens (tertiary/aromatic N) is 2. The number of hydrogen-bond acceptors (Lipinski definition) is 4. The zero-order chi connectivity index (χ0) is 14.5. The molecule has 1 aromatic carbocycles. The molecule has 1 aromatic heterocycles. The smallest absolute Gasteiger partial charge is 0.138 e. The van der Waals surface area contributed by atoms with E-state index in [9.17, 15) is 0 Å². The Hall–Kier alpha value is -1.26. The Morgan fingerprint density at radius 3 is 2.70 bits per heavy atom. The van der Waals surface area contributed by atoms with Gasteiger partial charge in [-0.2, -0.15) is 0 Å². The van der Waals surface area contributed by atoms with Crippen LogP contribution in [0.5, 0.6) is 0 Å². The van der Waals surface area contributed by atoms with Crippen molar-refractivity contribution in [2.75, 3.05) is 11.6 Å². The lowest BCUT2D eigenvalue weighted by Gasteiger charge is -2.13. The summed E-state index contributed by atoms with van der Waals surface area (Å²) < 4.78 is 0. The van der Waals surface area contributed by atoms with Crippen molar-refractivity contribution in [1.29, 1.82) is 0 Å². The van der Waals surface area contributed by atoms with Crippen molar-refractivity contribution in [2.45, 2.75) is 31.6 Å². The van der Waals surface area contributed by atoms with Crippen LogP contribution in [0.2, 0.25) is 5.15 Å². The van der Waals surface area contributed by atoms with Gasteiger partial charge in [-0.1, -0.05) is 30.7 Å². The molecule has 2 rings (SSSR count). The summed E-state index contributed by atoms with van der Waals surface area (Å²) in [6, 6.07) is 8.16. The molecule has 0 saturated heterocycles. The number of aryl methyl sites for hydroxylation is 1. The number of thioether (sulfide) groups is 1. The van der Waals surface area contributed by atoms with Crippen LogP contribution < -0.4 is 5.32 Å². The lowest BCUT2D eigenvalue weighted by atomic mass is 10.2. The molecule has 20 heavy (non-hydrogen) atoms. The number of para-hydroxylation sites is 1. The average molecular weight is 308 g/mol. The largest absolute Gasteiger partial charge is 0.339 e. The van der Waals surface area contributed by atoms with Crippen molar-refractivity contribution in [3.05, 3.63) is 40.8 Å². The number of halogens is 1. The summed E-state index contributed by atoms with van der Waals surface area (Å²) in [6.07, 6.45) is 3.89. The van der Waals surface area contributed by atoms with Gasteiger partial charge in [0.2, 0.25) is 0 Å². The van der Waals surface area contributed by atoms with Gasteiger partial charge in [-0.15, -0.1) is 11.8 Å². The summed E-state index contributed by atoms with van der Waals surface area (Å²) in [5.74, 6) is 1.57. The van der Waals surface area contributed by atoms with Crippen molar-refractivity contribution >= 4 is 34.9 Å². The van der Waals surface area contributed by atoms with Crippen LogP contribution in [0.25, 0.3) is 0 Å². The average Bonchev–Trinajstić information content (AvgIpc) is 2.45. The van der Waals surface area contributed by atoms with Gasteiger partial charge < -0.3 is 5.32 Å². The zero-order valence-electron chi connectivity index (χ0n) is 11.9. The molecule has 0 unspecified atom stereocenters. The summed E-state index contributed by atoms with van der Waals surface area (Å²) in [6.45, 7) is 4.04. The molecule has 0 aliphatic carbocycles. The van der Waals surface area contributed by atoms with Crippen LogP contribution in [0.15, 0.2) is 29.2 Å². The van der Waals surface area contributed by atoms with Crippen molar-refractivity contribution in [1.82, 2.24) is 9.97 Å². The van der Waals surface area contributed by atoms with Gasteiger partial charge in [-0.3, -0.25) is 0 Å². The molecule has 0 saturated carbocycles. The molecular formula is C15H18ClN3S. The second kappa shape index (κ2) is 6.95. The van der Waals surface area contributed by atoms with Gasteiger partial charge in [0.05, 0.1) is 5.69 Å². The lowest BCUT2D eigenvalue weighted by Crippen LogP contribution is -2.04. The second-order valence-electron chi connectivity index (χ2n) is 4.48. The molecule has 0 aliphatic heterocycles. The number of benzene rings is 1. The van der Waals surface area contributed by atoms with Crippen LogP contribution in [0.1, 0.15) is 24.7 Å². The Morgan fingerprint density at radius 2 is 2.00 bits per heavy atom. The summed E-state index contributed by atoms with van der Waals surface area (Å²) in [5, 5.41) is 3.90. The lowest BCUT2D eigenvalue weighted by molar-refractivity contribution is 0.833. The number of nitrogens with one attached hydrogen (secondary N) is 1. The molecule has 0 aliphatic rings. The van der Waals surface area contributed by atoms with E-state index in [0.29, 0.717) is 5.15 Å². The minimum Gasteiger partial charge on any atom is -0.339 e. The van der Waals surface area contributed by atoms with E-state index >= 15 is 0 Å². The van der Waals surface area contributed by atoms with Crippen LogP contribution in [-0.4, -0.2) is 16.2 Å². The maximum Gasteiger partial charge on any atom is 0.138 e. The molecule has 0 spiro atoms. The van der Waals surface area contributed by atoms with E-state index in [0.717, 1.165) is 35.7 Å². The molecule has 5 heteroatoms. The number of aromatic nitrogens is 2. The maximum atomic E-state index is 6.20. The fraction of sp³-hybridized carbons (Fsp3) is 0.333. The molecule has 3 nitrogen and oxygen atoms in total. The Bertz CT molecular complexity index is 602. The molecule has 0 atom stereocenters. The molecule has 2 aromatic rings. The highest BCUT2D eigenvalue weighted by molar-refractivity contribution is 7.98. The molecule has 0 radical (unpaired) electrons. The van der Waals surface area contributed by atoms with Gasteiger partial charge in [0.15, 0.2) is 0 Å². The number of hydrogen-bond donors (Lipinski definition) is 1. The third-order valence-electron chi connectivity index (χ3n) is 2.97. The van der Waals surface area contributed by atoms with Crippen LogP contribution in [0.3, 0.4) is 0 Å². The van der Waals surface area contributed by atoms with Crippen LogP contribution in [0, 0.1) is 6.92 Å². The van der Waals surface area contributed by atoms with Gasteiger partial charge in [-0.05, 0) is 31.7 Å². The Balaban J connectivity index is 2.37. The first-order valence-electron chi connectivity index (χ1n) is 6.58. The third kappa shape index (κ3) is 3.44. The van der Waals surface area contributed by atoms with Crippen molar-refractivity contribution in [3.63, 3.8) is 0 Å². The predicted molar refractivity (Wildman–Crippen MR) is 87.3 cm³/mol. The fourth-order valence-electron chi connectivity index (χ4n) is 1.87. The highest BCUT2D eigenvalue weighted by atomic mass is 35.5. The van der Waals surface area contributed by atoms with E-state index in [-0.39, 0.29) is 0 Å². The van der Waals surface area contributed by atoms with Crippen molar-refractivity contribution in [3.8, 4) is 0 Å². The SMILES string of the molecule is CCCc1nc(Cl)c(C)c(Nc2ccccc2SC)n1. The Kier molecular flexibility index (Phi) is 5.26. The Morgan fingerprint density at radius 1 is 1.25 bits per heavy atom. The van der Waals surface area contributed by atoms with Crippen molar-refractivity contribution < 1.29 is 0 Å². The molecule has 1 heterocycles. The van der Waals surface area contributed by atoms with Crippen LogP contribution >= 0.6 is 23.4 Å². The molecule has 106 valence electrons. The van der Waals surface area contributed by atoms with E-state index in [1.165, 1.54) is 4.90 Å². The van der Waals surface area contributed by atoms with Gasteiger partial charge in [0.25, 0.3) is 0 Å².